The molecule has 0 aliphatic heterocycles. The number of ether oxygens (including phenoxy) is 1. The quantitative estimate of drug-likeness (QED) is 0.737. The minimum absolute atomic E-state index is 0.0749. The van der Waals surface area contributed by atoms with E-state index in [4.69, 9.17) is 14.9 Å². The Bertz CT molecular complexity index is 333. The lowest BCUT2D eigenvalue weighted by molar-refractivity contribution is 0.0525. The summed E-state index contributed by atoms with van der Waals surface area (Å²) >= 11 is 0. The molecule has 6 heteroatoms. The number of alkyl carbamates (subject to hydrolysis) is 1. The summed E-state index contributed by atoms with van der Waals surface area (Å²) in [5.74, 6) is 0. The Morgan fingerprint density at radius 3 is 2.14 bits per heavy atom. The van der Waals surface area contributed by atoms with Crippen molar-refractivity contribution in [1.82, 2.24) is 5.32 Å². The van der Waals surface area contributed by atoms with Gasteiger partial charge in [-0.15, -0.1) is 0 Å². The first kappa shape index (κ1) is 20.4. The van der Waals surface area contributed by atoms with Crippen LogP contribution in [-0.2, 0) is 9.16 Å². The van der Waals surface area contributed by atoms with Crippen molar-refractivity contribution in [3.8, 4) is 0 Å². The Balaban J connectivity index is 3.97. The smallest absolute Gasteiger partial charge is 0.407 e. The van der Waals surface area contributed by atoms with E-state index in [0.29, 0.717) is 19.6 Å². The fourth-order valence-corrected chi connectivity index (χ4v) is 2.35. The van der Waals surface area contributed by atoms with Gasteiger partial charge in [-0.1, -0.05) is 20.8 Å². The first-order valence-electron chi connectivity index (χ1n) is 7.61. The molecule has 0 aliphatic carbocycles. The molecule has 0 saturated heterocycles. The maximum absolute atomic E-state index is 11.5. The number of carbonyl (C=O) groups excluding carboxylic acids is 1. The third-order valence-electron chi connectivity index (χ3n) is 3.65. The van der Waals surface area contributed by atoms with Crippen molar-refractivity contribution in [2.75, 3.05) is 13.2 Å². The van der Waals surface area contributed by atoms with Crippen molar-refractivity contribution in [3.63, 3.8) is 0 Å². The lowest BCUT2D eigenvalue weighted by Crippen LogP contribution is -2.44. The van der Waals surface area contributed by atoms with Crippen LogP contribution in [0.25, 0.3) is 0 Å². The molecule has 0 rings (SSSR count). The van der Waals surface area contributed by atoms with E-state index in [1.54, 1.807) is 0 Å². The molecule has 126 valence electrons. The summed E-state index contributed by atoms with van der Waals surface area (Å²) < 4.78 is 11.2. The van der Waals surface area contributed by atoms with E-state index in [9.17, 15) is 4.79 Å². The van der Waals surface area contributed by atoms with Gasteiger partial charge < -0.3 is 20.2 Å². The minimum Gasteiger partial charge on any atom is -0.444 e. The molecule has 1 atom stereocenters. The van der Waals surface area contributed by atoms with Crippen molar-refractivity contribution in [3.05, 3.63) is 0 Å². The number of rotatable bonds is 6. The highest BCUT2D eigenvalue weighted by molar-refractivity contribution is 6.74. The summed E-state index contributed by atoms with van der Waals surface area (Å²) in [7, 11) is -1.75. The van der Waals surface area contributed by atoms with Crippen molar-refractivity contribution >= 4 is 14.4 Å². The maximum Gasteiger partial charge on any atom is 0.407 e. The molecule has 0 fully saturated rings. The van der Waals surface area contributed by atoms with Crippen LogP contribution in [0.3, 0.4) is 0 Å². The second-order valence-electron chi connectivity index (χ2n) is 8.05. The highest BCUT2D eigenvalue weighted by atomic mass is 28.4. The van der Waals surface area contributed by atoms with Crippen LogP contribution in [0.2, 0.25) is 18.1 Å². The van der Waals surface area contributed by atoms with E-state index in [1.165, 1.54) is 0 Å². The predicted octanol–water partition coefficient (Wildman–Crippen LogP) is 3.25. The van der Waals surface area contributed by atoms with Gasteiger partial charge in [-0.25, -0.2) is 4.79 Å². The molecule has 5 nitrogen and oxygen atoms in total. The molecule has 0 spiro atoms. The average molecular weight is 319 g/mol. The average Bonchev–Trinajstić information content (AvgIpc) is 2.22. The fraction of sp³-hybridized carbons (Fsp3) is 0.933. The van der Waals surface area contributed by atoms with E-state index in [-0.39, 0.29) is 11.1 Å². The van der Waals surface area contributed by atoms with Crippen LogP contribution in [0.5, 0.6) is 0 Å². The second-order valence-corrected chi connectivity index (χ2v) is 12.9. The molecule has 0 bridgehead atoms. The van der Waals surface area contributed by atoms with Crippen molar-refractivity contribution in [1.29, 1.82) is 0 Å². The van der Waals surface area contributed by atoms with Crippen molar-refractivity contribution in [2.24, 2.45) is 5.73 Å². The Hall–Kier alpha value is -0.593. The number of nitrogens with one attached hydrogen (secondary N) is 1. The largest absolute Gasteiger partial charge is 0.444 e. The third-order valence-corrected chi connectivity index (χ3v) is 8.15. The zero-order chi connectivity index (χ0) is 16.9. The van der Waals surface area contributed by atoms with Gasteiger partial charge in [0, 0.05) is 19.2 Å². The van der Waals surface area contributed by atoms with Crippen LogP contribution in [0, 0.1) is 0 Å². The van der Waals surface area contributed by atoms with E-state index in [0.717, 1.165) is 0 Å². The lowest BCUT2D eigenvalue weighted by atomic mass is 10.2. The normalized spacial score (nSPS) is 14.7. The van der Waals surface area contributed by atoms with Crippen LogP contribution < -0.4 is 11.1 Å². The Labute approximate surface area is 131 Å². The molecule has 0 aromatic carbocycles. The molecule has 0 aromatic rings. The van der Waals surface area contributed by atoms with Crippen LogP contribution in [0.1, 0.15) is 48.0 Å². The van der Waals surface area contributed by atoms with Gasteiger partial charge in [0.1, 0.15) is 5.60 Å². The van der Waals surface area contributed by atoms with Crippen LogP contribution in [0.15, 0.2) is 0 Å². The van der Waals surface area contributed by atoms with E-state index < -0.39 is 20.0 Å². The minimum atomic E-state index is -1.75. The molecule has 0 radical (unpaired) electrons. The Morgan fingerprint density at radius 2 is 1.71 bits per heavy atom. The summed E-state index contributed by atoms with van der Waals surface area (Å²) in [6.45, 7) is 17.6. The van der Waals surface area contributed by atoms with E-state index >= 15 is 0 Å². The molecular formula is C15H34N2O3Si. The summed E-state index contributed by atoms with van der Waals surface area (Å²) in [6.07, 6.45) is 0.272. The van der Waals surface area contributed by atoms with Gasteiger partial charge in [-0.3, -0.25) is 0 Å². The van der Waals surface area contributed by atoms with Crippen molar-refractivity contribution < 1.29 is 14.0 Å². The van der Waals surface area contributed by atoms with Gasteiger partial charge in [-0.2, -0.15) is 0 Å². The number of hydrogen-bond acceptors (Lipinski definition) is 4. The Kier molecular flexibility index (Phi) is 7.39. The Morgan fingerprint density at radius 1 is 1.19 bits per heavy atom. The zero-order valence-electron chi connectivity index (χ0n) is 15.0. The summed E-state index contributed by atoms with van der Waals surface area (Å²) in [4.78, 5) is 11.5. The summed E-state index contributed by atoms with van der Waals surface area (Å²) in [5.41, 5.74) is 5.57. The fourth-order valence-electron chi connectivity index (χ4n) is 1.29. The second kappa shape index (κ2) is 7.60. The predicted molar refractivity (Wildman–Crippen MR) is 90.0 cm³/mol. The number of hydrogen-bond donors (Lipinski definition) is 2. The highest BCUT2D eigenvalue weighted by Gasteiger charge is 2.37. The number of amides is 1. The van der Waals surface area contributed by atoms with Gasteiger partial charge in [0.25, 0.3) is 0 Å². The third kappa shape index (κ3) is 9.11. The zero-order valence-corrected chi connectivity index (χ0v) is 16.0. The van der Waals surface area contributed by atoms with Gasteiger partial charge in [0.05, 0.1) is 0 Å². The van der Waals surface area contributed by atoms with E-state index in [2.05, 4.69) is 39.2 Å². The van der Waals surface area contributed by atoms with Crippen LogP contribution in [0.4, 0.5) is 4.79 Å². The van der Waals surface area contributed by atoms with Crippen molar-refractivity contribution in [2.45, 2.75) is 77.7 Å². The maximum atomic E-state index is 11.5. The van der Waals surface area contributed by atoms with Gasteiger partial charge in [0.15, 0.2) is 8.32 Å². The van der Waals surface area contributed by atoms with Gasteiger partial charge >= 0.3 is 6.09 Å². The lowest BCUT2D eigenvalue weighted by Gasteiger charge is -2.36. The number of nitrogens with two attached hydrogens (primary N) is 1. The summed E-state index contributed by atoms with van der Waals surface area (Å²) in [6, 6.07) is -0.0749. The molecule has 0 aromatic heterocycles. The molecule has 0 unspecified atom stereocenters. The first-order valence-corrected chi connectivity index (χ1v) is 10.5. The molecule has 21 heavy (non-hydrogen) atoms. The van der Waals surface area contributed by atoms with Gasteiger partial charge in [-0.05, 0) is 45.3 Å². The molecule has 0 saturated carbocycles. The molecule has 1 amide bonds. The standard InChI is InChI=1S/C15H34N2O3Si/c1-14(2,3)20-13(18)17-10-9-12(16)11-19-21(7,8)15(4,5)6/h12H,9-11,16H2,1-8H3,(H,17,18)/t12-/m1/s1. The molecule has 0 aliphatic rings. The van der Waals surface area contributed by atoms with Gasteiger partial charge in [0.2, 0.25) is 0 Å². The van der Waals surface area contributed by atoms with E-state index in [1.807, 2.05) is 20.8 Å². The SMILES string of the molecule is CC(C)(C)OC(=O)NCC[C@@H](N)CO[Si](C)(C)C(C)(C)C. The molecular weight excluding hydrogens is 284 g/mol. The topological polar surface area (TPSA) is 73.6 Å². The van der Waals surface area contributed by atoms with Crippen LogP contribution in [-0.4, -0.2) is 39.2 Å². The first-order chi connectivity index (χ1) is 9.24. The van der Waals surface area contributed by atoms with Crippen LogP contribution >= 0.6 is 0 Å². The summed E-state index contributed by atoms with van der Waals surface area (Å²) in [5, 5.41) is 2.89. The number of carbonyl (C=O) groups is 1. The molecule has 3 N–H and O–H groups in total. The monoisotopic (exact) mass is 318 g/mol. The highest BCUT2D eigenvalue weighted by Crippen LogP contribution is 2.36. The molecule has 0 heterocycles.